The van der Waals surface area contributed by atoms with E-state index in [9.17, 15) is 4.79 Å². The number of nitrogens with one attached hydrogen (secondary N) is 2. The Bertz CT molecular complexity index is 481. The van der Waals surface area contributed by atoms with Crippen LogP contribution >= 0.6 is 0 Å². The normalized spacial score (nSPS) is 16.7. The maximum Gasteiger partial charge on any atom is 0.315 e. The van der Waals surface area contributed by atoms with Crippen molar-refractivity contribution in [3.63, 3.8) is 0 Å². The highest BCUT2D eigenvalue weighted by Crippen LogP contribution is 2.27. The molecule has 1 aliphatic heterocycles. The Balaban J connectivity index is 1.65. The van der Waals surface area contributed by atoms with Crippen LogP contribution < -0.4 is 24.8 Å². The molecule has 0 spiro atoms. The number of amides is 2. The van der Waals surface area contributed by atoms with Gasteiger partial charge in [-0.2, -0.15) is 0 Å². The molecule has 128 valence electrons. The van der Waals surface area contributed by atoms with Gasteiger partial charge in [0.15, 0.2) is 0 Å². The Morgan fingerprint density at radius 2 is 1.87 bits per heavy atom. The van der Waals surface area contributed by atoms with Crippen molar-refractivity contribution in [3.05, 3.63) is 18.2 Å². The SMILES string of the molecule is COc1cc(OC)cc(OCCNC(=O)NCC2CCCO2)c1. The molecule has 0 saturated carbocycles. The van der Waals surface area contributed by atoms with E-state index in [4.69, 9.17) is 18.9 Å². The third-order valence-corrected chi connectivity index (χ3v) is 3.50. The summed E-state index contributed by atoms with van der Waals surface area (Å²) in [5.41, 5.74) is 0. The lowest BCUT2D eigenvalue weighted by Gasteiger charge is -2.13. The molecule has 1 unspecified atom stereocenters. The van der Waals surface area contributed by atoms with Gasteiger partial charge in [-0.25, -0.2) is 4.79 Å². The average molecular weight is 324 g/mol. The summed E-state index contributed by atoms with van der Waals surface area (Å²) in [6.07, 6.45) is 2.20. The smallest absolute Gasteiger partial charge is 0.315 e. The molecule has 0 bridgehead atoms. The average Bonchev–Trinajstić information content (AvgIpc) is 3.10. The molecule has 1 aromatic rings. The van der Waals surface area contributed by atoms with Crippen molar-refractivity contribution in [3.8, 4) is 17.2 Å². The van der Waals surface area contributed by atoms with Crippen LogP contribution in [0.4, 0.5) is 4.79 Å². The minimum absolute atomic E-state index is 0.140. The van der Waals surface area contributed by atoms with Crippen LogP contribution in [0.3, 0.4) is 0 Å². The van der Waals surface area contributed by atoms with E-state index in [1.54, 1.807) is 32.4 Å². The molecule has 2 N–H and O–H groups in total. The Labute approximate surface area is 136 Å². The zero-order valence-electron chi connectivity index (χ0n) is 13.6. The minimum atomic E-state index is -0.215. The maximum atomic E-state index is 11.6. The third kappa shape index (κ3) is 5.86. The number of methoxy groups -OCH3 is 2. The van der Waals surface area contributed by atoms with E-state index < -0.39 is 0 Å². The number of hydrogen-bond donors (Lipinski definition) is 2. The number of urea groups is 1. The Morgan fingerprint density at radius 1 is 1.17 bits per heavy atom. The fraction of sp³-hybridized carbons (Fsp3) is 0.562. The summed E-state index contributed by atoms with van der Waals surface area (Å²) in [6, 6.07) is 5.08. The van der Waals surface area contributed by atoms with E-state index in [0.717, 1.165) is 19.4 Å². The maximum absolute atomic E-state index is 11.6. The van der Waals surface area contributed by atoms with E-state index >= 15 is 0 Å². The van der Waals surface area contributed by atoms with E-state index in [0.29, 0.717) is 36.9 Å². The van der Waals surface area contributed by atoms with Gasteiger partial charge < -0.3 is 29.6 Å². The number of carbonyl (C=O) groups excluding carboxylic acids is 1. The van der Waals surface area contributed by atoms with Gasteiger partial charge in [0.1, 0.15) is 23.9 Å². The molecule has 2 rings (SSSR count). The van der Waals surface area contributed by atoms with Gasteiger partial charge in [-0.05, 0) is 12.8 Å². The molecule has 1 aromatic carbocycles. The van der Waals surface area contributed by atoms with Crippen LogP contribution in [0.1, 0.15) is 12.8 Å². The molecule has 0 aliphatic carbocycles. The van der Waals surface area contributed by atoms with Gasteiger partial charge in [-0.15, -0.1) is 0 Å². The summed E-state index contributed by atoms with van der Waals surface area (Å²) in [4.78, 5) is 11.6. The largest absolute Gasteiger partial charge is 0.496 e. The van der Waals surface area contributed by atoms with Crippen LogP contribution in [-0.2, 0) is 4.74 Å². The van der Waals surface area contributed by atoms with Gasteiger partial charge >= 0.3 is 6.03 Å². The van der Waals surface area contributed by atoms with E-state index in [1.165, 1.54) is 0 Å². The number of carbonyl (C=O) groups is 1. The lowest BCUT2D eigenvalue weighted by atomic mass is 10.2. The first-order valence-electron chi connectivity index (χ1n) is 7.70. The monoisotopic (exact) mass is 324 g/mol. The second-order valence-electron chi connectivity index (χ2n) is 5.17. The number of ether oxygens (including phenoxy) is 4. The molecule has 1 aliphatic rings. The molecule has 0 aromatic heterocycles. The van der Waals surface area contributed by atoms with Gasteiger partial charge in [0.05, 0.1) is 26.9 Å². The summed E-state index contributed by atoms with van der Waals surface area (Å²) >= 11 is 0. The van der Waals surface area contributed by atoms with Gasteiger partial charge in [-0.1, -0.05) is 0 Å². The third-order valence-electron chi connectivity index (χ3n) is 3.50. The summed E-state index contributed by atoms with van der Waals surface area (Å²) < 4.78 is 21.4. The fourth-order valence-electron chi connectivity index (χ4n) is 2.27. The summed E-state index contributed by atoms with van der Waals surface area (Å²) in [6.45, 7) is 2.08. The second kappa shape index (κ2) is 9.09. The molecule has 1 atom stereocenters. The van der Waals surface area contributed by atoms with E-state index in [-0.39, 0.29) is 12.1 Å². The predicted molar refractivity (Wildman–Crippen MR) is 85.4 cm³/mol. The Kier molecular flexibility index (Phi) is 6.80. The van der Waals surface area contributed by atoms with Crippen molar-refractivity contribution in [1.82, 2.24) is 10.6 Å². The first-order chi connectivity index (χ1) is 11.2. The van der Waals surface area contributed by atoms with Crippen LogP contribution in [0.25, 0.3) is 0 Å². The molecule has 1 fully saturated rings. The number of rotatable bonds is 8. The number of hydrogen-bond acceptors (Lipinski definition) is 5. The highest BCUT2D eigenvalue weighted by atomic mass is 16.5. The standard InChI is InChI=1S/C16H24N2O5/c1-20-13-8-14(21-2)10-15(9-13)23-7-5-17-16(19)18-11-12-4-3-6-22-12/h8-10,12H,3-7,11H2,1-2H3,(H2,17,18,19). The van der Waals surface area contributed by atoms with Crippen molar-refractivity contribution in [2.75, 3.05) is 40.5 Å². The molecular formula is C16H24N2O5. The highest BCUT2D eigenvalue weighted by Gasteiger charge is 2.15. The lowest BCUT2D eigenvalue weighted by Crippen LogP contribution is -2.41. The van der Waals surface area contributed by atoms with Crippen LogP contribution in [0, 0.1) is 0 Å². The van der Waals surface area contributed by atoms with Crippen LogP contribution in [-0.4, -0.2) is 52.7 Å². The fourth-order valence-corrected chi connectivity index (χ4v) is 2.27. The Hall–Kier alpha value is -2.15. The topological polar surface area (TPSA) is 78.0 Å². The second-order valence-corrected chi connectivity index (χ2v) is 5.17. The van der Waals surface area contributed by atoms with Crippen molar-refractivity contribution in [2.45, 2.75) is 18.9 Å². The van der Waals surface area contributed by atoms with Gasteiger partial charge in [-0.3, -0.25) is 0 Å². The van der Waals surface area contributed by atoms with Crippen LogP contribution in [0.15, 0.2) is 18.2 Å². The van der Waals surface area contributed by atoms with E-state index in [1.807, 2.05) is 0 Å². The van der Waals surface area contributed by atoms with Gasteiger partial charge in [0.2, 0.25) is 0 Å². The summed E-state index contributed by atoms with van der Waals surface area (Å²) in [5.74, 6) is 1.94. The lowest BCUT2D eigenvalue weighted by molar-refractivity contribution is 0.111. The molecule has 0 radical (unpaired) electrons. The zero-order valence-corrected chi connectivity index (χ0v) is 13.6. The molecule has 1 heterocycles. The molecule has 23 heavy (non-hydrogen) atoms. The quantitative estimate of drug-likeness (QED) is 0.710. The molecule has 1 saturated heterocycles. The van der Waals surface area contributed by atoms with E-state index in [2.05, 4.69) is 10.6 Å². The number of benzene rings is 1. The molecule has 7 nitrogen and oxygen atoms in total. The first kappa shape index (κ1) is 17.2. The molecule has 7 heteroatoms. The predicted octanol–water partition coefficient (Wildman–Crippen LogP) is 1.56. The van der Waals surface area contributed by atoms with Crippen molar-refractivity contribution >= 4 is 6.03 Å². The highest BCUT2D eigenvalue weighted by molar-refractivity contribution is 5.73. The molecule has 2 amide bonds. The first-order valence-corrected chi connectivity index (χ1v) is 7.70. The van der Waals surface area contributed by atoms with Gasteiger partial charge in [0, 0.05) is 31.4 Å². The zero-order chi connectivity index (χ0) is 16.5. The van der Waals surface area contributed by atoms with Crippen LogP contribution in [0.5, 0.6) is 17.2 Å². The Morgan fingerprint density at radius 3 is 2.48 bits per heavy atom. The van der Waals surface area contributed by atoms with Crippen molar-refractivity contribution in [2.24, 2.45) is 0 Å². The van der Waals surface area contributed by atoms with Crippen LogP contribution in [0.2, 0.25) is 0 Å². The van der Waals surface area contributed by atoms with Gasteiger partial charge in [0.25, 0.3) is 0 Å². The summed E-state index contributed by atoms with van der Waals surface area (Å²) in [7, 11) is 3.16. The van der Waals surface area contributed by atoms with Crippen molar-refractivity contribution < 1.29 is 23.7 Å². The van der Waals surface area contributed by atoms with Crippen molar-refractivity contribution in [1.29, 1.82) is 0 Å². The molecular weight excluding hydrogens is 300 g/mol. The minimum Gasteiger partial charge on any atom is -0.496 e. The summed E-state index contributed by atoms with van der Waals surface area (Å²) in [5, 5.41) is 5.53.